The van der Waals surface area contributed by atoms with Crippen LogP contribution in [0.2, 0.25) is 0 Å². The summed E-state index contributed by atoms with van der Waals surface area (Å²) in [6.07, 6.45) is 3.80. The monoisotopic (exact) mass is 335 g/mol. The number of aromatic nitrogens is 1. The second-order valence-corrected chi connectivity index (χ2v) is 7.07. The predicted molar refractivity (Wildman–Crippen MR) is 95.3 cm³/mol. The van der Waals surface area contributed by atoms with Crippen molar-refractivity contribution in [3.8, 4) is 0 Å². The van der Waals surface area contributed by atoms with Crippen LogP contribution < -0.4 is 10.6 Å². The number of nitrogen functional groups attached to an aromatic ring is 1. The largest absolute Gasteiger partial charge is 0.481 e. The van der Waals surface area contributed by atoms with Crippen molar-refractivity contribution in [2.75, 3.05) is 30.4 Å². The minimum atomic E-state index is -0.811. The van der Waals surface area contributed by atoms with Gasteiger partial charge >= 0.3 is 5.97 Å². The molecule has 24 heavy (non-hydrogen) atoms. The number of aliphatic carboxylic acids is 1. The second kappa shape index (κ2) is 8.33. The van der Waals surface area contributed by atoms with Gasteiger partial charge in [-0.1, -0.05) is 20.8 Å². The first-order valence-electron chi connectivity index (χ1n) is 8.70. The molecule has 1 aliphatic rings. The van der Waals surface area contributed by atoms with Crippen LogP contribution in [-0.2, 0) is 9.53 Å². The van der Waals surface area contributed by atoms with E-state index in [1.165, 1.54) is 0 Å². The van der Waals surface area contributed by atoms with Crippen LogP contribution in [0.5, 0.6) is 0 Å². The molecule has 1 aromatic rings. The van der Waals surface area contributed by atoms with Gasteiger partial charge in [0.15, 0.2) is 5.82 Å². The molecule has 6 nitrogen and oxygen atoms in total. The SMILES string of the molecule is CC(C)CN(c1ncc(C(C)CC(=O)O)cc1N)C1CCOCC1. The zero-order valence-corrected chi connectivity index (χ0v) is 14.9. The van der Waals surface area contributed by atoms with Crippen LogP contribution in [0.3, 0.4) is 0 Å². The maximum Gasteiger partial charge on any atom is 0.303 e. The highest BCUT2D eigenvalue weighted by molar-refractivity contribution is 5.69. The molecule has 0 radical (unpaired) electrons. The van der Waals surface area contributed by atoms with Gasteiger partial charge in [-0.15, -0.1) is 0 Å². The third-order valence-corrected chi connectivity index (χ3v) is 4.43. The fraction of sp³-hybridized carbons (Fsp3) is 0.667. The smallest absolute Gasteiger partial charge is 0.303 e. The minimum absolute atomic E-state index is 0.0795. The van der Waals surface area contributed by atoms with E-state index in [-0.39, 0.29) is 12.3 Å². The van der Waals surface area contributed by atoms with E-state index >= 15 is 0 Å². The van der Waals surface area contributed by atoms with E-state index in [9.17, 15) is 4.79 Å². The van der Waals surface area contributed by atoms with Crippen LogP contribution in [0.25, 0.3) is 0 Å². The van der Waals surface area contributed by atoms with Gasteiger partial charge < -0.3 is 20.5 Å². The highest BCUT2D eigenvalue weighted by Gasteiger charge is 2.25. The van der Waals surface area contributed by atoms with Crippen molar-refractivity contribution in [1.82, 2.24) is 4.98 Å². The molecule has 0 aliphatic carbocycles. The van der Waals surface area contributed by atoms with Gasteiger partial charge in [-0.3, -0.25) is 4.79 Å². The summed E-state index contributed by atoms with van der Waals surface area (Å²) in [7, 11) is 0. The summed E-state index contributed by atoms with van der Waals surface area (Å²) in [5.74, 6) is 0.392. The number of pyridine rings is 1. The molecule has 1 unspecified atom stereocenters. The van der Waals surface area contributed by atoms with Crippen molar-refractivity contribution in [3.05, 3.63) is 17.8 Å². The highest BCUT2D eigenvalue weighted by atomic mass is 16.5. The van der Waals surface area contributed by atoms with E-state index < -0.39 is 5.97 Å². The maximum absolute atomic E-state index is 10.9. The lowest BCUT2D eigenvalue weighted by molar-refractivity contribution is -0.137. The topological polar surface area (TPSA) is 88.7 Å². The fourth-order valence-corrected chi connectivity index (χ4v) is 3.18. The number of nitrogens with two attached hydrogens (primary N) is 1. The molecule has 2 rings (SSSR count). The quantitative estimate of drug-likeness (QED) is 0.796. The Balaban J connectivity index is 2.24. The van der Waals surface area contributed by atoms with E-state index in [2.05, 4.69) is 23.7 Å². The highest BCUT2D eigenvalue weighted by Crippen LogP contribution is 2.30. The molecule has 0 saturated carbocycles. The molecule has 0 amide bonds. The lowest BCUT2D eigenvalue weighted by Crippen LogP contribution is -2.42. The van der Waals surface area contributed by atoms with E-state index in [0.29, 0.717) is 17.6 Å². The van der Waals surface area contributed by atoms with E-state index in [1.54, 1.807) is 6.20 Å². The fourth-order valence-electron chi connectivity index (χ4n) is 3.18. The molecule has 134 valence electrons. The Labute approximate surface area is 144 Å². The minimum Gasteiger partial charge on any atom is -0.481 e. The molecule has 1 fully saturated rings. The van der Waals surface area contributed by atoms with Crippen molar-refractivity contribution in [1.29, 1.82) is 0 Å². The third kappa shape index (κ3) is 4.84. The number of carboxylic acids is 1. The molecule has 0 spiro atoms. The Morgan fingerprint density at radius 3 is 2.62 bits per heavy atom. The molecule has 0 aromatic carbocycles. The van der Waals surface area contributed by atoms with E-state index in [0.717, 1.165) is 44.0 Å². The molecule has 3 N–H and O–H groups in total. The summed E-state index contributed by atoms with van der Waals surface area (Å²) in [5, 5.41) is 8.95. The van der Waals surface area contributed by atoms with Gasteiger partial charge in [-0.25, -0.2) is 4.98 Å². The summed E-state index contributed by atoms with van der Waals surface area (Å²) in [6, 6.07) is 2.26. The number of ether oxygens (including phenoxy) is 1. The lowest BCUT2D eigenvalue weighted by Gasteiger charge is -2.37. The third-order valence-electron chi connectivity index (χ3n) is 4.43. The van der Waals surface area contributed by atoms with Crippen molar-refractivity contribution in [3.63, 3.8) is 0 Å². The van der Waals surface area contributed by atoms with Crippen molar-refractivity contribution in [2.45, 2.75) is 52.0 Å². The van der Waals surface area contributed by atoms with Crippen LogP contribution in [0.15, 0.2) is 12.3 Å². The molecule has 2 heterocycles. The molecule has 1 aliphatic heterocycles. The van der Waals surface area contributed by atoms with Crippen LogP contribution in [-0.4, -0.2) is 41.9 Å². The van der Waals surface area contributed by atoms with Gasteiger partial charge in [0.05, 0.1) is 12.1 Å². The number of hydrogen-bond donors (Lipinski definition) is 2. The number of carbonyl (C=O) groups is 1. The molecule has 6 heteroatoms. The van der Waals surface area contributed by atoms with Gasteiger partial charge in [0.25, 0.3) is 0 Å². The normalized spacial score (nSPS) is 17.0. The van der Waals surface area contributed by atoms with Crippen LogP contribution in [0.4, 0.5) is 11.5 Å². The number of hydrogen-bond acceptors (Lipinski definition) is 5. The molecular formula is C18H29N3O3. The lowest BCUT2D eigenvalue weighted by atomic mass is 9.98. The number of rotatable bonds is 7. The average molecular weight is 335 g/mol. The van der Waals surface area contributed by atoms with Gasteiger partial charge in [0, 0.05) is 32.0 Å². The van der Waals surface area contributed by atoms with Crippen LogP contribution in [0.1, 0.15) is 51.5 Å². The zero-order chi connectivity index (χ0) is 17.7. The Morgan fingerprint density at radius 1 is 1.42 bits per heavy atom. The van der Waals surface area contributed by atoms with E-state index in [4.69, 9.17) is 15.6 Å². The zero-order valence-electron chi connectivity index (χ0n) is 14.9. The molecule has 0 bridgehead atoms. The standard InChI is InChI=1S/C18H29N3O3/c1-12(2)11-21(15-4-6-24-7-5-15)18-16(19)9-14(10-20-18)13(3)8-17(22)23/h9-10,12-13,15H,4-8,11,19H2,1-3H3,(H,22,23). The van der Waals surface area contributed by atoms with Crippen molar-refractivity contribution >= 4 is 17.5 Å². The van der Waals surface area contributed by atoms with Crippen LogP contribution in [0, 0.1) is 5.92 Å². The van der Waals surface area contributed by atoms with Gasteiger partial charge in [-0.05, 0) is 36.3 Å². The maximum atomic E-state index is 10.9. The number of carboxylic acid groups (broad SMARTS) is 1. The first-order valence-corrected chi connectivity index (χ1v) is 8.70. The first-order chi connectivity index (χ1) is 11.4. The Bertz CT molecular complexity index is 556. The molecule has 1 atom stereocenters. The summed E-state index contributed by atoms with van der Waals surface area (Å²) in [5.41, 5.74) is 7.78. The van der Waals surface area contributed by atoms with Crippen molar-refractivity contribution < 1.29 is 14.6 Å². The summed E-state index contributed by atoms with van der Waals surface area (Å²) in [6.45, 7) is 8.69. The Morgan fingerprint density at radius 2 is 2.08 bits per heavy atom. The summed E-state index contributed by atoms with van der Waals surface area (Å²) < 4.78 is 5.47. The average Bonchev–Trinajstić information content (AvgIpc) is 2.53. The van der Waals surface area contributed by atoms with Crippen LogP contribution >= 0.6 is 0 Å². The van der Waals surface area contributed by atoms with Gasteiger partial charge in [-0.2, -0.15) is 0 Å². The molecule has 1 aromatic heterocycles. The Kier molecular flexibility index (Phi) is 6.43. The summed E-state index contributed by atoms with van der Waals surface area (Å²) >= 11 is 0. The van der Waals surface area contributed by atoms with Gasteiger partial charge in [0.2, 0.25) is 0 Å². The van der Waals surface area contributed by atoms with Gasteiger partial charge in [0.1, 0.15) is 0 Å². The number of anilines is 2. The number of nitrogens with zero attached hydrogens (tertiary/aromatic N) is 2. The predicted octanol–water partition coefficient (Wildman–Crippen LogP) is 2.88. The van der Waals surface area contributed by atoms with Crippen molar-refractivity contribution in [2.24, 2.45) is 5.92 Å². The Hall–Kier alpha value is -1.82. The van der Waals surface area contributed by atoms with E-state index in [1.807, 2.05) is 13.0 Å². The second-order valence-electron chi connectivity index (χ2n) is 7.07. The molecular weight excluding hydrogens is 306 g/mol. The first kappa shape index (κ1) is 18.5. The molecule has 1 saturated heterocycles. The summed E-state index contributed by atoms with van der Waals surface area (Å²) in [4.78, 5) is 17.8.